The summed E-state index contributed by atoms with van der Waals surface area (Å²) in [6, 6.07) is 12.2. The number of carbonyl (C=O) groups excluding carboxylic acids is 1. The number of nitrogens with one attached hydrogen (secondary N) is 1. The average molecular weight is 465 g/mol. The molecule has 1 atom stereocenters. The number of halogens is 1. The van der Waals surface area contributed by atoms with Crippen molar-refractivity contribution >= 4 is 27.5 Å². The largest absolute Gasteiger partial charge is 0.497 e. The summed E-state index contributed by atoms with van der Waals surface area (Å²) in [5.74, 6) is 0.497. The minimum absolute atomic E-state index is 0.00500. The molecule has 1 saturated heterocycles. The predicted octanol–water partition coefficient (Wildman–Crippen LogP) is 4.27. The first-order valence-electron chi connectivity index (χ1n) is 10.5. The SMILES string of the molecule is COc1ccc(CCC(C)NC(=O)c2ccc(Cl)c(S(=O)(=O)N3CCCCC3)c2)cc1. The van der Waals surface area contributed by atoms with Crippen LogP contribution in [-0.4, -0.2) is 44.9 Å². The van der Waals surface area contributed by atoms with Crippen LogP contribution >= 0.6 is 11.6 Å². The van der Waals surface area contributed by atoms with Crippen LogP contribution < -0.4 is 10.1 Å². The summed E-state index contributed by atoms with van der Waals surface area (Å²) in [4.78, 5) is 12.7. The zero-order chi connectivity index (χ0) is 22.4. The summed E-state index contributed by atoms with van der Waals surface area (Å²) >= 11 is 6.20. The van der Waals surface area contributed by atoms with Gasteiger partial charge >= 0.3 is 0 Å². The molecule has 0 bridgehead atoms. The van der Waals surface area contributed by atoms with Crippen LogP contribution in [0, 0.1) is 0 Å². The monoisotopic (exact) mass is 464 g/mol. The molecule has 8 heteroatoms. The zero-order valence-corrected chi connectivity index (χ0v) is 19.5. The normalized spacial score (nSPS) is 16.0. The van der Waals surface area contributed by atoms with Gasteiger partial charge in [0.15, 0.2) is 0 Å². The molecule has 1 aliphatic heterocycles. The van der Waals surface area contributed by atoms with Gasteiger partial charge in [-0.3, -0.25) is 4.79 Å². The zero-order valence-electron chi connectivity index (χ0n) is 17.9. The minimum atomic E-state index is -3.72. The van der Waals surface area contributed by atoms with Crippen molar-refractivity contribution in [3.05, 3.63) is 58.6 Å². The first-order chi connectivity index (χ1) is 14.8. The summed E-state index contributed by atoms with van der Waals surface area (Å²) in [6.45, 7) is 2.90. The Morgan fingerprint density at radius 2 is 1.81 bits per heavy atom. The Labute approximate surface area is 189 Å². The van der Waals surface area contributed by atoms with Crippen molar-refractivity contribution < 1.29 is 17.9 Å². The van der Waals surface area contributed by atoms with Crippen LogP contribution in [0.5, 0.6) is 5.75 Å². The van der Waals surface area contributed by atoms with E-state index in [2.05, 4.69) is 5.32 Å². The molecule has 0 radical (unpaired) electrons. The third-order valence-electron chi connectivity index (χ3n) is 5.53. The van der Waals surface area contributed by atoms with Gasteiger partial charge in [-0.1, -0.05) is 30.2 Å². The van der Waals surface area contributed by atoms with E-state index in [-0.39, 0.29) is 27.4 Å². The summed E-state index contributed by atoms with van der Waals surface area (Å²) in [7, 11) is -2.09. The fourth-order valence-electron chi connectivity index (χ4n) is 3.64. The Bertz CT molecular complexity index is 1000. The molecule has 1 heterocycles. The van der Waals surface area contributed by atoms with Crippen LogP contribution in [0.3, 0.4) is 0 Å². The van der Waals surface area contributed by atoms with Gasteiger partial charge in [-0.25, -0.2) is 8.42 Å². The van der Waals surface area contributed by atoms with Gasteiger partial charge in [0.25, 0.3) is 5.91 Å². The van der Waals surface area contributed by atoms with Crippen LogP contribution in [0.25, 0.3) is 0 Å². The lowest BCUT2D eigenvalue weighted by atomic mass is 10.1. The van der Waals surface area contributed by atoms with Gasteiger partial charge in [-0.2, -0.15) is 4.31 Å². The van der Waals surface area contributed by atoms with Crippen molar-refractivity contribution in [2.75, 3.05) is 20.2 Å². The quantitative estimate of drug-likeness (QED) is 0.632. The number of rotatable bonds is 8. The third-order valence-corrected chi connectivity index (χ3v) is 7.91. The predicted molar refractivity (Wildman–Crippen MR) is 122 cm³/mol. The fourth-order valence-corrected chi connectivity index (χ4v) is 5.66. The first-order valence-corrected chi connectivity index (χ1v) is 12.4. The van der Waals surface area contributed by atoms with E-state index in [9.17, 15) is 13.2 Å². The molecule has 0 aromatic heterocycles. The molecule has 0 saturated carbocycles. The highest BCUT2D eigenvalue weighted by Crippen LogP contribution is 2.28. The summed E-state index contributed by atoms with van der Waals surface area (Å²) in [5, 5.41) is 3.09. The second-order valence-electron chi connectivity index (χ2n) is 7.87. The Balaban J connectivity index is 1.65. The highest BCUT2D eigenvalue weighted by molar-refractivity contribution is 7.89. The summed E-state index contributed by atoms with van der Waals surface area (Å²) in [6.07, 6.45) is 4.26. The number of hydrogen-bond acceptors (Lipinski definition) is 4. The lowest BCUT2D eigenvalue weighted by Crippen LogP contribution is -2.36. The van der Waals surface area contributed by atoms with E-state index >= 15 is 0 Å². The number of methoxy groups -OCH3 is 1. The summed E-state index contributed by atoms with van der Waals surface area (Å²) in [5.41, 5.74) is 1.44. The molecule has 1 aliphatic rings. The smallest absolute Gasteiger partial charge is 0.251 e. The molecule has 2 aromatic carbocycles. The molecule has 2 aromatic rings. The molecule has 0 spiro atoms. The van der Waals surface area contributed by atoms with Crippen molar-refractivity contribution in [2.45, 2.75) is 50.0 Å². The Kier molecular flexibility index (Phi) is 7.97. The topological polar surface area (TPSA) is 75.7 Å². The number of benzene rings is 2. The van der Waals surface area contributed by atoms with E-state index in [0.29, 0.717) is 13.1 Å². The molecule has 1 N–H and O–H groups in total. The molecule has 1 fully saturated rings. The van der Waals surface area contributed by atoms with Crippen LogP contribution in [0.1, 0.15) is 48.5 Å². The molecular formula is C23H29ClN2O4S. The van der Waals surface area contributed by atoms with Crippen molar-refractivity contribution in [3.63, 3.8) is 0 Å². The maximum atomic E-state index is 13.0. The molecule has 3 rings (SSSR count). The minimum Gasteiger partial charge on any atom is -0.497 e. The standard InChI is InChI=1S/C23H29ClN2O4S/c1-17(6-7-18-8-11-20(30-2)12-9-18)25-23(27)19-10-13-21(24)22(16-19)31(28,29)26-14-4-3-5-15-26/h8-13,16-17H,3-7,14-15H2,1-2H3,(H,25,27). The fraction of sp³-hybridized carbons (Fsp3) is 0.435. The number of amides is 1. The maximum Gasteiger partial charge on any atom is 0.251 e. The molecule has 31 heavy (non-hydrogen) atoms. The lowest BCUT2D eigenvalue weighted by Gasteiger charge is -2.26. The number of aryl methyl sites for hydroxylation is 1. The van der Waals surface area contributed by atoms with Gasteiger partial charge < -0.3 is 10.1 Å². The first kappa shape index (κ1) is 23.6. The number of sulfonamides is 1. The van der Waals surface area contributed by atoms with E-state index in [0.717, 1.165) is 43.4 Å². The number of carbonyl (C=O) groups is 1. The van der Waals surface area contributed by atoms with E-state index in [4.69, 9.17) is 16.3 Å². The van der Waals surface area contributed by atoms with E-state index in [1.54, 1.807) is 13.2 Å². The second-order valence-corrected chi connectivity index (χ2v) is 10.2. The Hall–Kier alpha value is -2.09. The van der Waals surface area contributed by atoms with Crippen LogP contribution in [0.4, 0.5) is 0 Å². The van der Waals surface area contributed by atoms with Gasteiger partial charge in [0.05, 0.1) is 12.1 Å². The highest BCUT2D eigenvalue weighted by atomic mass is 35.5. The van der Waals surface area contributed by atoms with Crippen LogP contribution in [0.2, 0.25) is 5.02 Å². The maximum absolute atomic E-state index is 13.0. The van der Waals surface area contributed by atoms with Crippen LogP contribution in [-0.2, 0) is 16.4 Å². The number of hydrogen-bond donors (Lipinski definition) is 1. The van der Waals surface area contributed by atoms with Crippen molar-refractivity contribution in [1.82, 2.24) is 9.62 Å². The second kappa shape index (κ2) is 10.5. The number of nitrogens with zero attached hydrogens (tertiary/aromatic N) is 1. The highest BCUT2D eigenvalue weighted by Gasteiger charge is 2.28. The molecule has 168 valence electrons. The Morgan fingerprint density at radius 1 is 1.13 bits per heavy atom. The van der Waals surface area contributed by atoms with E-state index in [1.165, 1.54) is 16.4 Å². The van der Waals surface area contributed by atoms with Crippen molar-refractivity contribution in [2.24, 2.45) is 0 Å². The van der Waals surface area contributed by atoms with E-state index in [1.807, 2.05) is 31.2 Å². The molecule has 1 amide bonds. The van der Waals surface area contributed by atoms with Gasteiger partial charge in [-0.05, 0) is 68.5 Å². The summed E-state index contributed by atoms with van der Waals surface area (Å²) < 4.78 is 32.6. The third kappa shape index (κ3) is 5.99. The number of ether oxygens (including phenoxy) is 1. The molecule has 1 unspecified atom stereocenters. The van der Waals surface area contributed by atoms with E-state index < -0.39 is 10.0 Å². The Morgan fingerprint density at radius 3 is 2.45 bits per heavy atom. The lowest BCUT2D eigenvalue weighted by molar-refractivity contribution is 0.0938. The van der Waals surface area contributed by atoms with Crippen molar-refractivity contribution in [3.8, 4) is 5.75 Å². The van der Waals surface area contributed by atoms with Gasteiger partial charge in [0.1, 0.15) is 10.6 Å². The molecular weight excluding hydrogens is 436 g/mol. The molecule has 0 aliphatic carbocycles. The molecule has 6 nitrogen and oxygen atoms in total. The van der Waals surface area contributed by atoms with Gasteiger partial charge in [0, 0.05) is 24.7 Å². The van der Waals surface area contributed by atoms with Gasteiger partial charge in [-0.15, -0.1) is 0 Å². The average Bonchev–Trinajstić information content (AvgIpc) is 2.78. The number of piperidine rings is 1. The van der Waals surface area contributed by atoms with Crippen LogP contribution in [0.15, 0.2) is 47.4 Å². The van der Waals surface area contributed by atoms with Gasteiger partial charge in [0.2, 0.25) is 10.0 Å². The van der Waals surface area contributed by atoms with Crippen molar-refractivity contribution in [1.29, 1.82) is 0 Å².